The fraction of sp³-hybridized carbons (Fsp3) is 0.368. The van der Waals surface area contributed by atoms with Gasteiger partial charge in [-0.1, -0.05) is 82.5 Å². The molecule has 240 valence electrons. The van der Waals surface area contributed by atoms with E-state index in [1.807, 2.05) is 24.3 Å². The van der Waals surface area contributed by atoms with Gasteiger partial charge in [-0.3, -0.25) is 24.1 Å². The summed E-state index contributed by atoms with van der Waals surface area (Å²) < 4.78 is 1.05. The van der Waals surface area contributed by atoms with Crippen LogP contribution in [0, 0.1) is 5.41 Å². The molecule has 0 radical (unpaired) electrons. The zero-order valence-electron chi connectivity index (χ0n) is 27.5. The summed E-state index contributed by atoms with van der Waals surface area (Å²) in [5.41, 5.74) is 11.3. The summed E-state index contributed by atoms with van der Waals surface area (Å²) in [4.78, 5) is 57.4. The monoisotopic (exact) mass is 620 g/mol. The maximum Gasteiger partial charge on any atom is 0.268 e. The van der Waals surface area contributed by atoms with Gasteiger partial charge >= 0.3 is 0 Å². The quantitative estimate of drug-likeness (QED) is 0.0560. The Hall–Kier alpha value is -4.56. The lowest BCUT2D eigenvalue weighted by molar-refractivity contribution is 0.0745. The summed E-state index contributed by atoms with van der Waals surface area (Å²) in [6, 6.07) is 13.7. The number of hydrogen-bond donors (Lipinski definition) is 2. The highest BCUT2D eigenvalue weighted by Crippen LogP contribution is 2.35. The van der Waals surface area contributed by atoms with Crippen LogP contribution in [0.3, 0.4) is 0 Å². The molecule has 8 heteroatoms. The molecule has 0 saturated carbocycles. The summed E-state index contributed by atoms with van der Waals surface area (Å²) >= 11 is 0. The Kier molecular flexibility index (Phi) is 8.79. The molecule has 0 aliphatic rings. The van der Waals surface area contributed by atoms with E-state index >= 15 is 0 Å². The molecule has 0 unspecified atom stereocenters. The minimum absolute atomic E-state index is 0.0592. The molecule has 8 nitrogen and oxygen atoms in total. The molecule has 1 heterocycles. The average Bonchev–Trinajstić information content (AvgIpc) is 3.28. The molecule has 0 fully saturated rings. The molecule has 1 aromatic heterocycles. The third-order valence-corrected chi connectivity index (χ3v) is 9.40. The summed E-state index contributed by atoms with van der Waals surface area (Å²) in [7, 11) is 0. The Morgan fingerprint density at radius 2 is 1.35 bits per heavy atom. The third-order valence-electron chi connectivity index (χ3n) is 9.40. The van der Waals surface area contributed by atoms with Crippen LogP contribution in [0.2, 0.25) is 0 Å². The van der Waals surface area contributed by atoms with Crippen molar-refractivity contribution in [2.24, 2.45) is 5.41 Å². The van der Waals surface area contributed by atoms with Crippen molar-refractivity contribution in [3.05, 3.63) is 108 Å². The summed E-state index contributed by atoms with van der Waals surface area (Å²) in [5.74, 6) is 0. The number of hydrogen-bond acceptors (Lipinski definition) is 7. The zero-order chi connectivity index (χ0) is 33.6. The van der Waals surface area contributed by atoms with Gasteiger partial charge in [-0.2, -0.15) is 0 Å². The van der Waals surface area contributed by atoms with Crippen molar-refractivity contribution < 1.29 is 0 Å². The average molecular weight is 621 g/mol. The van der Waals surface area contributed by atoms with Crippen molar-refractivity contribution in [1.29, 1.82) is 0 Å². The molecular formula is C38H44N4O4. The minimum Gasteiger partial charge on any atom is -0.397 e. The predicted molar refractivity (Wildman–Crippen MR) is 192 cm³/mol. The largest absolute Gasteiger partial charge is 0.397 e. The topological polar surface area (TPSA) is 128 Å². The highest BCUT2D eigenvalue weighted by molar-refractivity contribution is 6.20. The van der Waals surface area contributed by atoms with E-state index in [0.717, 1.165) is 42.4 Å². The normalized spacial score (nSPS) is 12.6. The number of nitrogens with zero attached hydrogens (tertiary/aromatic N) is 2. The fourth-order valence-electron chi connectivity index (χ4n) is 7.04. The molecule has 5 aromatic rings. The van der Waals surface area contributed by atoms with Gasteiger partial charge in [-0.15, -0.1) is 6.58 Å². The van der Waals surface area contributed by atoms with Gasteiger partial charge in [0.25, 0.3) is 11.1 Å². The van der Waals surface area contributed by atoms with Crippen LogP contribution in [-0.2, 0) is 6.54 Å². The molecule has 4 aromatic carbocycles. The number of nitrogen functional groups attached to an aromatic ring is 2. The Morgan fingerprint density at radius 1 is 0.783 bits per heavy atom. The second-order valence-corrected chi connectivity index (χ2v) is 13.8. The molecule has 0 bridgehead atoms. The van der Waals surface area contributed by atoms with Gasteiger partial charge in [0.1, 0.15) is 0 Å². The lowest BCUT2D eigenvalue weighted by Gasteiger charge is -2.43. The van der Waals surface area contributed by atoms with Crippen LogP contribution in [0.25, 0.3) is 38.0 Å². The van der Waals surface area contributed by atoms with Gasteiger partial charge in [0.15, 0.2) is 10.9 Å². The predicted octanol–water partition coefficient (Wildman–Crippen LogP) is 6.18. The van der Waals surface area contributed by atoms with Crippen molar-refractivity contribution in [2.75, 3.05) is 18.0 Å². The van der Waals surface area contributed by atoms with Gasteiger partial charge in [0, 0.05) is 22.9 Å². The maximum atomic E-state index is 13.9. The lowest BCUT2D eigenvalue weighted by atomic mass is 9.79. The van der Waals surface area contributed by atoms with Crippen molar-refractivity contribution in [3.8, 4) is 5.69 Å². The molecule has 0 aliphatic heterocycles. The van der Waals surface area contributed by atoms with Crippen LogP contribution in [-0.4, -0.2) is 21.6 Å². The van der Waals surface area contributed by atoms with E-state index in [0.29, 0.717) is 12.2 Å². The smallest absolute Gasteiger partial charge is 0.268 e. The lowest BCUT2D eigenvalue weighted by Crippen LogP contribution is -2.46. The van der Waals surface area contributed by atoms with E-state index in [1.165, 1.54) is 6.42 Å². The molecule has 0 spiro atoms. The Balaban J connectivity index is 1.64. The van der Waals surface area contributed by atoms with Crippen LogP contribution in [0.4, 0.5) is 11.4 Å². The number of aromatic nitrogens is 1. The van der Waals surface area contributed by atoms with Crippen molar-refractivity contribution >= 4 is 43.7 Å². The van der Waals surface area contributed by atoms with Crippen LogP contribution >= 0.6 is 0 Å². The Labute approximate surface area is 268 Å². The number of benzene rings is 4. The van der Waals surface area contributed by atoms with Crippen LogP contribution in [0.5, 0.6) is 0 Å². The second-order valence-electron chi connectivity index (χ2n) is 13.8. The van der Waals surface area contributed by atoms with E-state index in [9.17, 15) is 19.2 Å². The molecule has 0 saturated heterocycles. The van der Waals surface area contributed by atoms with Crippen LogP contribution < -0.4 is 33.4 Å². The molecule has 5 rings (SSSR count). The molecule has 0 atom stereocenters. The number of rotatable bonds is 12. The molecular weight excluding hydrogens is 576 g/mol. The van der Waals surface area contributed by atoms with E-state index in [4.69, 9.17) is 11.5 Å². The van der Waals surface area contributed by atoms with E-state index < -0.39 is 22.0 Å². The molecule has 4 N–H and O–H groups in total. The SMILES string of the molecule is C=CC(C)(C)CC(C)(C)N(CCCCCC)Cc1cccc(-n2c(=O)c3c(N)c4c(=O)c5ccccc5c(=O)c4c(N)c3c2=O)c1. The van der Waals surface area contributed by atoms with Crippen LogP contribution in [0.1, 0.15) is 72.3 Å². The molecule has 0 amide bonds. The molecule has 46 heavy (non-hydrogen) atoms. The summed E-state index contributed by atoms with van der Waals surface area (Å²) in [5, 5.41) is -0.160. The van der Waals surface area contributed by atoms with Crippen molar-refractivity contribution in [2.45, 2.75) is 78.8 Å². The van der Waals surface area contributed by atoms with Crippen molar-refractivity contribution in [1.82, 2.24) is 9.47 Å². The van der Waals surface area contributed by atoms with Gasteiger partial charge in [-0.25, -0.2) is 4.57 Å². The van der Waals surface area contributed by atoms with Crippen molar-refractivity contribution in [3.63, 3.8) is 0 Å². The number of allylic oxidation sites excluding steroid dienone is 1. The first-order chi connectivity index (χ1) is 21.7. The maximum absolute atomic E-state index is 13.9. The Morgan fingerprint density at radius 3 is 1.87 bits per heavy atom. The van der Waals surface area contributed by atoms with E-state index in [1.54, 1.807) is 30.3 Å². The highest BCUT2D eigenvalue weighted by atomic mass is 16.2. The standard InChI is InChI=1S/C38H44N4O4/c1-7-9-10-13-19-41(38(5,6)22-37(3,4)8-2)21-23-15-14-16-24(20-23)42-35(45)29-30(36(42)46)32(40)28-27(31(29)39)33(43)25-17-11-12-18-26(25)34(28)44/h8,11-12,14-18,20H,2,7,9-10,13,19,21-22,39-40H2,1,3-6H3. The van der Waals surface area contributed by atoms with Gasteiger partial charge in [0.05, 0.1) is 38.6 Å². The van der Waals surface area contributed by atoms with E-state index in [-0.39, 0.29) is 54.6 Å². The first-order valence-corrected chi connectivity index (χ1v) is 16.0. The van der Waals surface area contributed by atoms with Crippen LogP contribution in [0.15, 0.2) is 80.4 Å². The van der Waals surface area contributed by atoms with Gasteiger partial charge < -0.3 is 11.5 Å². The van der Waals surface area contributed by atoms with Gasteiger partial charge in [0.2, 0.25) is 0 Å². The number of unbranched alkanes of at least 4 members (excludes halogenated alkanes) is 3. The molecule has 0 aliphatic carbocycles. The minimum atomic E-state index is -0.673. The number of anilines is 2. The zero-order valence-corrected chi connectivity index (χ0v) is 27.5. The first kappa shape index (κ1) is 32.8. The Bertz CT molecular complexity index is 2080. The highest BCUT2D eigenvalue weighted by Gasteiger charge is 2.32. The summed E-state index contributed by atoms with van der Waals surface area (Å²) in [6.45, 7) is 16.6. The second kappa shape index (κ2) is 12.3. The van der Waals surface area contributed by atoms with E-state index in [2.05, 4.69) is 46.1 Å². The summed E-state index contributed by atoms with van der Waals surface area (Å²) in [6.07, 6.45) is 7.45. The number of fused-ring (bicyclic) bond motifs is 3. The fourth-order valence-corrected chi connectivity index (χ4v) is 7.04. The van der Waals surface area contributed by atoms with Gasteiger partial charge in [-0.05, 0) is 56.3 Å². The number of nitrogens with two attached hydrogens (primary N) is 2. The first-order valence-electron chi connectivity index (χ1n) is 16.0. The third kappa shape index (κ3) is 5.66.